The van der Waals surface area contributed by atoms with Gasteiger partial charge in [0.25, 0.3) is 0 Å². The topological polar surface area (TPSA) is 29.0 Å². The van der Waals surface area contributed by atoms with Gasteiger partial charge in [0.1, 0.15) is 12.1 Å². The zero-order valence-electron chi connectivity index (χ0n) is 8.62. The molecule has 80 valence electrons. The average Bonchev–Trinajstić information content (AvgIpc) is 2.84. The first-order valence-corrected chi connectivity index (χ1v) is 6.00. The van der Waals surface area contributed by atoms with Crippen LogP contribution in [0.2, 0.25) is 0 Å². The van der Waals surface area contributed by atoms with Crippen molar-refractivity contribution in [2.24, 2.45) is 0 Å². The number of aromatic nitrogens is 2. The Balaban J connectivity index is 1.95. The van der Waals surface area contributed by atoms with Gasteiger partial charge < -0.3 is 4.90 Å². The molecule has 1 atom stereocenters. The van der Waals surface area contributed by atoms with Gasteiger partial charge in [-0.15, -0.1) is 11.6 Å². The van der Waals surface area contributed by atoms with E-state index in [1.54, 1.807) is 6.33 Å². The van der Waals surface area contributed by atoms with Gasteiger partial charge in [-0.1, -0.05) is 0 Å². The van der Waals surface area contributed by atoms with Crippen LogP contribution in [0.4, 0.5) is 5.82 Å². The molecule has 3 nitrogen and oxygen atoms in total. The molecule has 1 aliphatic carbocycles. The summed E-state index contributed by atoms with van der Waals surface area (Å²) in [6, 6.07) is 0. The van der Waals surface area contributed by atoms with E-state index < -0.39 is 0 Å². The molecular weight excluding hydrogens is 210 g/mol. The lowest BCUT2D eigenvalue weighted by Crippen LogP contribution is -2.22. The highest BCUT2D eigenvalue weighted by Crippen LogP contribution is 2.30. The molecule has 0 amide bonds. The SMILES string of the molecule is ClC1CCN(c2ncnc3c2CCC3)C1. The number of aryl methyl sites for hydroxylation is 1. The summed E-state index contributed by atoms with van der Waals surface area (Å²) in [5.74, 6) is 1.14. The Morgan fingerprint density at radius 2 is 2.27 bits per heavy atom. The summed E-state index contributed by atoms with van der Waals surface area (Å²) in [4.78, 5) is 11.1. The summed E-state index contributed by atoms with van der Waals surface area (Å²) in [6.07, 6.45) is 6.23. The van der Waals surface area contributed by atoms with E-state index >= 15 is 0 Å². The van der Waals surface area contributed by atoms with Gasteiger partial charge in [-0.3, -0.25) is 0 Å². The van der Waals surface area contributed by atoms with E-state index in [0.717, 1.165) is 38.2 Å². The fourth-order valence-electron chi connectivity index (χ4n) is 2.52. The molecule has 0 saturated carbocycles. The Labute approximate surface area is 94.5 Å². The lowest BCUT2D eigenvalue weighted by Gasteiger charge is -2.19. The summed E-state index contributed by atoms with van der Waals surface area (Å²) < 4.78 is 0. The number of alkyl halides is 1. The van der Waals surface area contributed by atoms with Crippen LogP contribution in [0.1, 0.15) is 24.1 Å². The molecule has 1 fully saturated rings. The van der Waals surface area contributed by atoms with Crippen molar-refractivity contribution in [3.63, 3.8) is 0 Å². The van der Waals surface area contributed by atoms with Crippen molar-refractivity contribution in [3.8, 4) is 0 Å². The third-order valence-electron chi connectivity index (χ3n) is 3.28. The van der Waals surface area contributed by atoms with Crippen molar-refractivity contribution in [2.45, 2.75) is 31.1 Å². The van der Waals surface area contributed by atoms with Crippen molar-refractivity contribution < 1.29 is 0 Å². The molecule has 0 spiro atoms. The molecule has 1 aromatic heterocycles. The van der Waals surface area contributed by atoms with Gasteiger partial charge in [0.05, 0.1) is 5.38 Å². The molecule has 1 aromatic rings. The van der Waals surface area contributed by atoms with E-state index in [1.807, 2.05) is 0 Å². The summed E-state index contributed by atoms with van der Waals surface area (Å²) in [5.41, 5.74) is 2.61. The second-order valence-corrected chi connectivity index (χ2v) is 4.93. The maximum absolute atomic E-state index is 6.12. The van der Waals surface area contributed by atoms with Crippen LogP contribution < -0.4 is 4.90 Å². The van der Waals surface area contributed by atoms with Gasteiger partial charge in [-0.2, -0.15) is 0 Å². The van der Waals surface area contributed by atoms with Crippen molar-refractivity contribution in [1.82, 2.24) is 9.97 Å². The van der Waals surface area contributed by atoms with Crippen LogP contribution in [-0.2, 0) is 12.8 Å². The number of nitrogens with zero attached hydrogens (tertiary/aromatic N) is 3. The van der Waals surface area contributed by atoms with Crippen LogP contribution in [0.3, 0.4) is 0 Å². The van der Waals surface area contributed by atoms with Gasteiger partial charge in [0, 0.05) is 24.3 Å². The van der Waals surface area contributed by atoms with Crippen LogP contribution in [0.25, 0.3) is 0 Å². The monoisotopic (exact) mass is 223 g/mol. The lowest BCUT2D eigenvalue weighted by molar-refractivity contribution is 0.891. The summed E-state index contributed by atoms with van der Waals surface area (Å²) in [7, 11) is 0. The summed E-state index contributed by atoms with van der Waals surface area (Å²) in [5, 5.41) is 0.289. The molecule has 0 radical (unpaired) electrons. The first kappa shape index (κ1) is 9.40. The summed E-state index contributed by atoms with van der Waals surface area (Å²) >= 11 is 6.12. The smallest absolute Gasteiger partial charge is 0.135 e. The van der Waals surface area contributed by atoms with Crippen molar-refractivity contribution in [1.29, 1.82) is 0 Å². The highest BCUT2D eigenvalue weighted by Gasteiger charge is 2.26. The van der Waals surface area contributed by atoms with Crippen LogP contribution in [-0.4, -0.2) is 28.4 Å². The van der Waals surface area contributed by atoms with Crippen LogP contribution in [0.15, 0.2) is 6.33 Å². The number of fused-ring (bicyclic) bond motifs is 1. The first-order chi connectivity index (χ1) is 7.34. The Morgan fingerprint density at radius 3 is 3.07 bits per heavy atom. The number of hydrogen-bond acceptors (Lipinski definition) is 3. The molecule has 15 heavy (non-hydrogen) atoms. The van der Waals surface area contributed by atoms with E-state index in [1.165, 1.54) is 17.7 Å². The summed E-state index contributed by atoms with van der Waals surface area (Å²) in [6.45, 7) is 1.97. The maximum Gasteiger partial charge on any atom is 0.135 e. The second-order valence-electron chi connectivity index (χ2n) is 4.31. The quantitative estimate of drug-likeness (QED) is 0.680. The third-order valence-corrected chi connectivity index (χ3v) is 3.64. The van der Waals surface area contributed by atoms with Gasteiger partial charge in [0.15, 0.2) is 0 Å². The predicted molar refractivity (Wildman–Crippen MR) is 60.5 cm³/mol. The maximum atomic E-state index is 6.12. The van der Waals surface area contributed by atoms with E-state index in [2.05, 4.69) is 14.9 Å². The van der Waals surface area contributed by atoms with Gasteiger partial charge >= 0.3 is 0 Å². The van der Waals surface area contributed by atoms with Crippen molar-refractivity contribution in [3.05, 3.63) is 17.6 Å². The second kappa shape index (κ2) is 3.63. The van der Waals surface area contributed by atoms with Crippen molar-refractivity contribution >= 4 is 17.4 Å². The fourth-order valence-corrected chi connectivity index (χ4v) is 2.79. The third kappa shape index (κ3) is 1.59. The van der Waals surface area contributed by atoms with Crippen molar-refractivity contribution in [2.75, 3.05) is 18.0 Å². The highest BCUT2D eigenvalue weighted by atomic mass is 35.5. The molecule has 2 aliphatic rings. The molecule has 0 N–H and O–H groups in total. The van der Waals surface area contributed by atoms with Crippen LogP contribution >= 0.6 is 11.6 Å². The molecule has 0 bridgehead atoms. The Morgan fingerprint density at radius 1 is 1.33 bits per heavy atom. The average molecular weight is 224 g/mol. The molecule has 2 heterocycles. The number of halogens is 1. The fraction of sp³-hybridized carbons (Fsp3) is 0.636. The Kier molecular flexibility index (Phi) is 2.28. The van der Waals surface area contributed by atoms with E-state index in [9.17, 15) is 0 Å². The standard InChI is InChI=1S/C11H14ClN3/c12-8-4-5-15(6-8)11-9-2-1-3-10(9)13-7-14-11/h7-8H,1-6H2. The number of hydrogen-bond donors (Lipinski definition) is 0. The molecule has 3 rings (SSSR count). The Bertz CT molecular complexity index is 380. The zero-order chi connectivity index (χ0) is 10.3. The van der Waals surface area contributed by atoms with Gasteiger partial charge in [-0.05, 0) is 25.7 Å². The normalized spacial score (nSPS) is 24.6. The first-order valence-electron chi connectivity index (χ1n) is 5.56. The molecule has 1 saturated heterocycles. The molecule has 4 heteroatoms. The van der Waals surface area contributed by atoms with E-state index in [-0.39, 0.29) is 5.38 Å². The minimum Gasteiger partial charge on any atom is -0.355 e. The zero-order valence-corrected chi connectivity index (χ0v) is 9.37. The number of anilines is 1. The molecule has 1 aliphatic heterocycles. The number of rotatable bonds is 1. The predicted octanol–water partition coefficient (Wildman–Crippen LogP) is 1.78. The van der Waals surface area contributed by atoms with E-state index in [0.29, 0.717) is 0 Å². The minimum absolute atomic E-state index is 0.289. The van der Waals surface area contributed by atoms with Crippen LogP contribution in [0, 0.1) is 0 Å². The Hall–Kier alpha value is -0.830. The molecular formula is C11H14ClN3. The minimum atomic E-state index is 0.289. The highest BCUT2D eigenvalue weighted by molar-refractivity contribution is 6.21. The van der Waals surface area contributed by atoms with Crippen LogP contribution in [0.5, 0.6) is 0 Å². The molecule has 1 unspecified atom stereocenters. The molecule has 0 aromatic carbocycles. The van der Waals surface area contributed by atoms with Gasteiger partial charge in [-0.25, -0.2) is 9.97 Å². The lowest BCUT2D eigenvalue weighted by atomic mass is 10.2. The van der Waals surface area contributed by atoms with E-state index in [4.69, 9.17) is 11.6 Å². The van der Waals surface area contributed by atoms with Gasteiger partial charge in [0.2, 0.25) is 0 Å². The largest absolute Gasteiger partial charge is 0.355 e.